The Morgan fingerprint density at radius 2 is 1.73 bits per heavy atom. The number of hydrogen-bond acceptors (Lipinski definition) is 6. The molecule has 0 spiro atoms. The number of hydrogen-bond donors (Lipinski definition) is 1. The summed E-state index contributed by atoms with van der Waals surface area (Å²) in [5.41, 5.74) is 4.48. The van der Waals surface area contributed by atoms with E-state index in [2.05, 4.69) is 86.8 Å². The van der Waals surface area contributed by atoms with E-state index in [4.69, 9.17) is 16.3 Å². The highest BCUT2D eigenvalue weighted by atomic mass is 35.5. The Hall–Kier alpha value is -2.77. The van der Waals surface area contributed by atoms with Gasteiger partial charge in [0.05, 0.1) is 6.61 Å². The largest absolute Gasteiger partial charge is 0.493 e. The number of ether oxygens (including phenoxy) is 1. The van der Waals surface area contributed by atoms with Crippen molar-refractivity contribution in [3.8, 4) is 5.75 Å². The minimum absolute atomic E-state index is 0.0334. The number of halogens is 1. The molecule has 0 atom stereocenters. The van der Waals surface area contributed by atoms with Crippen LogP contribution in [-0.4, -0.2) is 42.6 Å². The first-order chi connectivity index (χ1) is 20.9. The lowest BCUT2D eigenvalue weighted by Crippen LogP contribution is -2.25. The van der Waals surface area contributed by atoms with Crippen molar-refractivity contribution in [2.45, 2.75) is 102 Å². The van der Waals surface area contributed by atoms with Gasteiger partial charge in [-0.25, -0.2) is 9.97 Å². The lowest BCUT2D eigenvalue weighted by molar-refractivity contribution is 0.0952. The molecule has 0 saturated carbocycles. The normalized spacial score (nSPS) is 11.8. The summed E-state index contributed by atoms with van der Waals surface area (Å²) in [7, 11) is 2.00. The van der Waals surface area contributed by atoms with Crippen molar-refractivity contribution in [1.29, 1.82) is 0 Å². The van der Waals surface area contributed by atoms with Crippen molar-refractivity contribution in [2.75, 3.05) is 31.6 Å². The number of carbonyl (C=O) groups is 1. The van der Waals surface area contributed by atoms with Gasteiger partial charge >= 0.3 is 0 Å². The Kier molecular flexibility index (Phi) is 13.4. The van der Waals surface area contributed by atoms with Crippen molar-refractivity contribution < 1.29 is 9.53 Å². The van der Waals surface area contributed by atoms with Gasteiger partial charge in [0.2, 0.25) is 0 Å². The molecule has 3 aromatic rings. The predicted octanol–water partition coefficient (Wildman–Crippen LogP) is 9.23. The topological polar surface area (TPSA) is 67.4 Å². The average molecular weight is 639 g/mol. The van der Waals surface area contributed by atoms with E-state index in [1.54, 1.807) is 6.07 Å². The average Bonchev–Trinajstić information content (AvgIpc) is 3.01. The monoisotopic (exact) mass is 638 g/mol. The first kappa shape index (κ1) is 35.7. The van der Waals surface area contributed by atoms with E-state index in [1.165, 1.54) is 22.9 Å². The molecular weight excluding hydrogens is 588 g/mol. The van der Waals surface area contributed by atoms with Gasteiger partial charge in [-0.3, -0.25) is 4.79 Å². The van der Waals surface area contributed by atoms with Gasteiger partial charge in [-0.2, -0.15) is 0 Å². The van der Waals surface area contributed by atoms with Crippen LogP contribution in [0.4, 0.5) is 5.82 Å². The molecule has 0 saturated heterocycles. The molecule has 1 amide bonds. The Morgan fingerprint density at radius 3 is 2.43 bits per heavy atom. The third-order valence-corrected chi connectivity index (χ3v) is 9.65. The lowest BCUT2D eigenvalue weighted by Gasteiger charge is -2.30. The summed E-state index contributed by atoms with van der Waals surface area (Å²) < 4.78 is 6.30. The fraction of sp³-hybridized carbons (Fsp3) is 0.528. The van der Waals surface area contributed by atoms with Crippen molar-refractivity contribution in [2.24, 2.45) is 0 Å². The van der Waals surface area contributed by atoms with E-state index in [1.807, 2.05) is 31.3 Å². The van der Waals surface area contributed by atoms with Crippen LogP contribution in [0.15, 0.2) is 53.7 Å². The maximum absolute atomic E-state index is 12.9. The number of nitrogens with one attached hydrogen (secondary N) is 1. The Bertz CT molecular complexity index is 1380. The van der Waals surface area contributed by atoms with Crippen LogP contribution < -0.4 is 15.0 Å². The van der Waals surface area contributed by atoms with Gasteiger partial charge in [-0.1, -0.05) is 96.1 Å². The minimum atomic E-state index is -0.0682. The van der Waals surface area contributed by atoms with Crippen LogP contribution in [0.1, 0.15) is 108 Å². The Morgan fingerprint density at radius 1 is 0.977 bits per heavy atom. The van der Waals surface area contributed by atoms with E-state index < -0.39 is 0 Å². The van der Waals surface area contributed by atoms with E-state index >= 15 is 0 Å². The minimum Gasteiger partial charge on any atom is -0.493 e. The first-order valence-electron chi connectivity index (χ1n) is 15.9. The number of anilines is 1. The molecule has 0 aliphatic carbocycles. The fourth-order valence-corrected chi connectivity index (χ4v) is 5.78. The second kappa shape index (κ2) is 16.5. The van der Waals surface area contributed by atoms with E-state index in [0.29, 0.717) is 34.8 Å². The second-order valence-corrected chi connectivity index (χ2v) is 14.1. The molecule has 8 heteroatoms. The molecule has 0 radical (unpaired) electrons. The molecule has 0 aliphatic rings. The molecule has 0 unspecified atom stereocenters. The van der Waals surface area contributed by atoms with Crippen molar-refractivity contribution in [1.82, 2.24) is 15.3 Å². The summed E-state index contributed by atoms with van der Waals surface area (Å²) in [6.07, 6.45) is 4.85. The fourth-order valence-electron chi connectivity index (χ4n) is 4.76. The van der Waals surface area contributed by atoms with Crippen molar-refractivity contribution >= 4 is 35.1 Å². The van der Waals surface area contributed by atoms with Crippen LogP contribution in [-0.2, 0) is 16.6 Å². The molecule has 1 aromatic heterocycles. The standard InChI is InChI=1S/C36H51ClN4O2S/c1-9-20-41(8)32-24-31(37)39-34(40-32)44-25-26-15-14-16-27(22-26)33(42)38-19-12-13-21-43-30-18-17-28(35(4,5)10-2)23-29(30)36(6,7)11-3/h14-18,22-24H,9-13,19-21,25H2,1-8H3,(H,38,42). The lowest BCUT2D eigenvalue weighted by atomic mass is 9.76. The smallest absolute Gasteiger partial charge is 0.251 e. The maximum atomic E-state index is 12.9. The maximum Gasteiger partial charge on any atom is 0.251 e. The summed E-state index contributed by atoms with van der Waals surface area (Å²) in [4.78, 5) is 24.0. The number of amides is 1. The van der Waals surface area contributed by atoms with Gasteiger partial charge in [-0.05, 0) is 72.3 Å². The molecule has 1 heterocycles. The Labute approximate surface area is 274 Å². The van der Waals surface area contributed by atoms with Crippen molar-refractivity contribution in [3.05, 3.63) is 75.9 Å². The van der Waals surface area contributed by atoms with Crippen LogP contribution in [0.25, 0.3) is 0 Å². The van der Waals surface area contributed by atoms with Crippen LogP contribution in [0.2, 0.25) is 5.15 Å². The van der Waals surface area contributed by atoms with Gasteiger partial charge in [0.15, 0.2) is 5.16 Å². The molecule has 2 aromatic carbocycles. The van der Waals surface area contributed by atoms with Gasteiger partial charge < -0.3 is 15.0 Å². The summed E-state index contributed by atoms with van der Waals surface area (Å²) in [5, 5.41) is 4.12. The SMILES string of the molecule is CCCN(C)c1cc(Cl)nc(SCc2cccc(C(=O)NCCCCOc3ccc(C(C)(C)CC)cc3C(C)(C)CC)c2)n1. The zero-order valence-corrected chi connectivity index (χ0v) is 29.5. The van der Waals surface area contributed by atoms with Gasteiger partial charge in [0.1, 0.15) is 16.7 Å². The third kappa shape index (κ3) is 10.1. The predicted molar refractivity (Wildman–Crippen MR) is 187 cm³/mol. The third-order valence-electron chi connectivity index (χ3n) is 8.54. The van der Waals surface area contributed by atoms with E-state index in [0.717, 1.165) is 55.8 Å². The van der Waals surface area contributed by atoms with Crippen LogP contribution in [0, 0.1) is 0 Å². The molecule has 1 N–H and O–H groups in total. The number of aromatic nitrogens is 2. The molecule has 3 rings (SSSR count). The zero-order chi connectivity index (χ0) is 32.3. The summed E-state index contributed by atoms with van der Waals surface area (Å²) in [5.74, 6) is 2.36. The Balaban J connectivity index is 1.49. The van der Waals surface area contributed by atoms with Crippen LogP contribution in [0.3, 0.4) is 0 Å². The quantitative estimate of drug-likeness (QED) is 0.0688. The van der Waals surface area contributed by atoms with Gasteiger partial charge in [-0.15, -0.1) is 0 Å². The molecule has 0 aliphatic heterocycles. The first-order valence-corrected chi connectivity index (χ1v) is 17.3. The van der Waals surface area contributed by atoms with Gasteiger partial charge in [0.25, 0.3) is 5.91 Å². The molecule has 44 heavy (non-hydrogen) atoms. The number of nitrogens with zero attached hydrogens (tertiary/aromatic N) is 3. The number of unbranched alkanes of at least 4 members (excludes halogenated alkanes) is 1. The number of benzene rings is 2. The number of thioether (sulfide) groups is 1. The summed E-state index contributed by atoms with van der Waals surface area (Å²) >= 11 is 7.77. The van der Waals surface area contributed by atoms with Crippen LogP contribution in [0.5, 0.6) is 5.75 Å². The number of carbonyl (C=O) groups excluding carboxylic acids is 1. The highest BCUT2D eigenvalue weighted by Gasteiger charge is 2.26. The highest BCUT2D eigenvalue weighted by molar-refractivity contribution is 7.98. The van der Waals surface area contributed by atoms with E-state index in [9.17, 15) is 4.79 Å². The molecular formula is C36H51ClN4O2S. The number of rotatable bonds is 17. The zero-order valence-electron chi connectivity index (χ0n) is 27.9. The van der Waals surface area contributed by atoms with Gasteiger partial charge in [0, 0.05) is 43.1 Å². The second-order valence-electron chi connectivity index (χ2n) is 12.7. The molecule has 240 valence electrons. The summed E-state index contributed by atoms with van der Waals surface area (Å²) in [6.45, 7) is 17.9. The van der Waals surface area contributed by atoms with Crippen molar-refractivity contribution in [3.63, 3.8) is 0 Å². The highest BCUT2D eigenvalue weighted by Crippen LogP contribution is 2.38. The molecule has 0 fully saturated rings. The molecule has 0 bridgehead atoms. The molecule has 6 nitrogen and oxygen atoms in total. The summed E-state index contributed by atoms with van der Waals surface area (Å²) in [6, 6.07) is 16.2. The van der Waals surface area contributed by atoms with E-state index in [-0.39, 0.29) is 16.7 Å². The van der Waals surface area contributed by atoms with Crippen LogP contribution >= 0.6 is 23.4 Å².